The third-order valence-electron chi connectivity index (χ3n) is 4.13. The second kappa shape index (κ2) is 6.06. The van der Waals surface area contributed by atoms with Gasteiger partial charge in [0.05, 0.1) is 18.2 Å². The molecule has 0 N–H and O–H groups in total. The van der Waals surface area contributed by atoms with Gasteiger partial charge in [-0.25, -0.2) is 4.90 Å². The lowest BCUT2D eigenvalue weighted by Gasteiger charge is -2.35. The van der Waals surface area contributed by atoms with Crippen molar-refractivity contribution >= 4 is 35.5 Å². The second-order valence-electron chi connectivity index (χ2n) is 5.44. The lowest BCUT2D eigenvalue weighted by Crippen LogP contribution is -2.52. The SMILES string of the molecule is O=CN1CCN(C2CC(=O)N(c3cccc(Cl)c3)C2=O)CC1. The van der Waals surface area contributed by atoms with Crippen LogP contribution in [0.3, 0.4) is 0 Å². The van der Waals surface area contributed by atoms with Crippen LogP contribution < -0.4 is 4.90 Å². The molecule has 2 heterocycles. The predicted octanol–water partition coefficient (Wildman–Crippen LogP) is 0.746. The van der Waals surface area contributed by atoms with Gasteiger partial charge in [0.2, 0.25) is 12.3 Å². The van der Waals surface area contributed by atoms with Crippen LogP contribution in [0.4, 0.5) is 5.69 Å². The Kier molecular flexibility index (Phi) is 4.13. The van der Waals surface area contributed by atoms with Gasteiger partial charge in [0.1, 0.15) is 0 Å². The molecule has 7 heteroatoms. The summed E-state index contributed by atoms with van der Waals surface area (Å²) in [5.41, 5.74) is 0.511. The molecule has 0 radical (unpaired) electrons. The minimum absolute atomic E-state index is 0.173. The smallest absolute Gasteiger partial charge is 0.251 e. The quantitative estimate of drug-likeness (QED) is 0.609. The molecule has 2 saturated heterocycles. The van der Waals surface area contributed by atoms with E-state index in [0.29, 0.717) is 36.9 Å². The third-order valence-corrected chi connectivity index (χ3v) is 4.36. The molecule has 1 aromatic carbocycles. The number of halogens is 1. The molecule has 0 spiro atoms. The molecule has 3 amide bonds. The number of carbonyl (C=O) groups excluding carboxylic acids is 3. The van der Waals surface area contributed by atoms with Gasteiger partial charge in [-0.05, 0) is 18.2 Å². The van der Waals surface area contributed by atoms with E-state index in [1.165, 1.54) is 4.90 Å². The lowest BCUT2D eigenvalue weighted by molar-refractivity contribution is -0.124. The molecule has 3 rings (SSSR count). The number of imide groups is 1. The summed E-state index contributed by atoms with van der Waals surface area (Å²) in [6.07, 6.45) is 0.990. The standard InChI is InChI=1S/C15H16ClN3O3/c16-11-2-1-3-12(8-11)19-14(21)9-13(15(19)22)18-6-4-17(10-20)5-7-18/h1-3,8,10,13H,4-7,9H2. The van der Waals surface area contributed by atoms with E-state index in [-0.39, 0.29) is 18.2 Å². The molecule has 0 saturated carbocycles. The zero-order valence-electron chi connectivity index (χ0n) is 11.9. The number of piperazine rings is 1. The Labute approximate surface area is 133 Å². The largest absolute Gasteiger partial charge is 0.343 e. The highest BCUT2D eigenvalue weighted by atomic mass is 35.5. The summed E-state index contributed by atoms with van der Waals surface area (Å²) in [5.74, 6) is -0.429. The number of carbonyl (C=O) groups is 3. The maximum atomic E-state index is 12.6. The molecule has 0 aromatic heterocycles. The third kappa shape index (κ3) is 2.71. The Balaban J connectivity index is 1.76. The van der Waals surface area contributed by atoms with Gasteiger partial charge in [-0.3, -0.25) is 19.3 Å². The number of benzene rings is 1. The Morgan fingerprint density at radius 2 is 1.86 bits per heavy atom. The molecule has 2 aliphatic rings. The molecule has 0 bridgehead atoms. The molecule has 0 aliphatic carbocycles. The van der Waals surface area contributed by atoms with E-state index in [9.17, 15) is 14.4 Å². The summed E-state index contributed by atoms with van der Waals surface area (Å²) in [4.78, 5) is 40.5. The van der Waals surface area contributed by atoms with E-state index in [1.54, 1.807) is 29.2 Å². The molecule has 2 fully saturated rings. The zero-order valence-corrected chi connectivity index (χ0v) is 12.7. The first-order chi connectivity index (χ1) is 10.6. The molecule has 1 unspecified atom stereocenters. The highest BCUT2D eigenvalue weighted by molar-refractivity contribution is 6.31. The van der Waals surface area contributed by atoms with Crippen molar-refractivity contribution in [3.8, 4) is 0 Å². The Morgan fingerprint density at radius 1 is 1.14 bits per heavy atom. The van der Waals surface area contributed by atoms with Crippen LogP contribution in [0.2, 0.25) is 5.02 Å². The maximum absolute atomic E-state index is 12.6. The minimum Gasteiger partial charge on any atom is -0.343 e. The first-order valence-electron chi connectivity index (χ1n) is 7.16. The first kappa shape index (κ1) is 15.0. The van der Waals surface area contributed by atoms with Crippen molar-refractivity contribution in [3.63, 3.8) is 0 Å². The minimum atomic E-state index is -0.444. The van der Waals surface area contributed by atoms with E-state index in [0.717, 1.165) is 6.41 Å². The van der Waals surface area contributed by atoms with E-state index in [4.69, 9.17) is 11.6 Å². The number of anilines is 1. The van der Waals surface area contributed by atoms with E-state index >= 15 is 0 Å². The van der Waals surface area contributed by atoms with Crippen molar-refractivity contribution in [1.82, 2.24) is 9.80 Å². The first-order valence-corrected chi connectivity index (χ1v) is 7.53. The van der Waals surface area contributed by atoms with Crippen LogP contribution in [-0.4, -0.2) is 60.2 Å². The van der Waals surface area contributed by atoms with Gasteiger partial charge in [0.15, 0.2) is 0 Å². The van der Waals surface area contributed by atoms with Crippen molar-refractivity contribution in [2.24, 2.45) is 0 Å². The molecular formula is C15H16ClN3O3. The Morgan fingerprint density at radius 3 is 2.50 bits per heavy atom. The van der Waals surface area contributed by atoms with Gasteiger partial charge >= 0.3 is 0 Å². The molecule has 1 aromatic rings. The van der Waals surface area contributed by atoms with E-state index in [2.05, 4.69) is 0 Å². The molecule has 116 valence electrons. The molecule has 1 atom stereocenters. The second-order valence-corrected chi connectivity index (χ2v) is 5.88. The normalized spacial score (nSPS) is 23.2. The summed E-state index contributed by atoms with van der Waals surface area (Å²) in [6, 6.07) is 6.29. The number of amides is 3. The van der Waals surface area contributed by atoms with Crippen molar-refractivity contribution in [3.05, 3.63) is 29.3 Å². The molecule has 2 aliphatic heterocycles. The summed E-state index contributed by atoms with van der Waals surface area (Å²) >= 11 is 5.94. The van der Waals surface area contributed by atoms with Gasteiger partial charge in [0, 0.05) is 31.2 Å². The molecule has 22 heavy (non-hydrogen) atoms. The summed E-state index contributed by atoms with van der Waals surface area (Å²) in [5, 5.41) is 0.487. The fourth-order valence-corrected chi connectivity index (χ4v) is 3.13. The van der Waals surface area contributed by atoms with Crippen LogP contribution in [0.15, 0.2) is 24.3 Å². The van der Waals surface area contributed by atoms with Gasteiger partial charge in [0.25, 0.3) is 5.91 Å². The average Bonchev–Trinajstić information content (AvgIpc) is 2.82. The van der Waals surface area contributed by atoms with Crippen molar-refractivity contribution in [2.45, 2.75) is 12.5 Å². The number of nitrogens with zero attached hydrogens (tertiary/aromatic N) is 3. The highest BCUT2D eigenvalue weighted by Gasteiger charge is 2.43. The summed E-state index contributed by atoms with van der Waals surface area (Å²) < 4.78 is 0. The highest BCUT2D eigenvalue weighted by Crippen LogP contribution is 2.27. The van der Waals surface area contributed by atoms with E-state index in [1.807, 2.05) is 4.90 Å². The van der Waals surface area contributed by atoms with Crippen LogP contribution in [0.5, 0.6) is 0 Å². The summed E-state index contributed by atoms with van der Waals surface area (Å²) in [6.45, 7) is 2.37. The van der Waals surface area contributed by atoms with Crippen LogP contribution in [0, 0.1) is 0 Å². The fourth-order valence-electron chi connectivity index (χ4n) is 2.94. The zero-order chi connectivity index (χ0) is 15.7. The van der Waals surface area contributed by atoms with Crippen LogP contribution in [0.25, 0.3) is 0 Å². The fraction of sp³-hybridized carbons (Fsp3) is 0.400. The van der Waals surface area contributed by atoms with Gasteiger partial charge in [-0.15, -0.1) is 0 Å². The van der Waals surface area contributed by atoms with Crippen LogP contribution >= 0.6 is 11.6 Å². The van der Waals surface area contributed by atoms with Crippen LogP contribution in [0.1, 0.15) is 6.42 Å². The average molecular weight is 322 g/mol. The molecular weight excluding hydrogens is 306 g/mol. The maximum Gasteiger partial charge on any atom is 0.251 e. The lowest BCUT2D eigenvalue weighted by atomic mass is 10.2. The topological polar surface area (TPSA) is 60.9 Å². The monoisotopic (exact) mass is 321 g/mol. The van der Waals surface area contributed by atoms with Gasteiger partial charge < -0.3 is 4.90 Å². The number of hydrogen-bond donors (Lipinski definition) is 0. The van der Waals surface area contributed by atoms with Crippen molar-refractivity contribution < 1.29 is 14.4 Å². The Hall–Kier alpha value is -1.92. The van der Waals surface area contributed by atoms with E-state index < -0.39 is 6.04 Å². The molecule has 6 nitrogen and oxygen atoms in total. The van der Waals surface area contributed by atoms with Gasteiger partial charge in [-0.1, -0.05) is 17.7 Å². The van der Waals surface area contributed by atoms with Crippen molar-refractivity contribution in [1.29, 1.82) is 0 Å². The summed E-state index contributed by atoms with van der Waals surface area (Å²) in [7, 11) is 0. The predicted molar refractivity (Wildman–Crippen MR) is 81.6 cm³/mol. The van der Waals surface area contributed by atoms with Gasteiger partial charge in [-0.2, -0.15) is 0 Å². The number of rotatable bonds is 3. The van der Waals surface area contributed by atoms with Crippen molar-refractivity contribution in [2.75, 3.05) is 31.1 Å². The van der Waals surface area contributed by atoms with Crippen LogP contribution in [-0.2, 0) is 14.4 Å². The Bertz CT molecular complexity index is 614. The number of hydrogen-bond acceptors (Lipinski definition) is 4.